The molecule has 0 bridgehead atoms. The van der Waals surface area contributed by atoms with Gasteiger partial charge in [0.2, 0.25) is 0 Å². The Balaban J connectivity index is 1.62. The van der Waals surface area contributed by atoms with Gasteiger partial charge in [-0.05, 0) is 47.3 Å². The van der Waals surface area contributed by atoms with Crippen molar-refractivity contribution in [2.45, 2.75) is 18.9 Å². The molecule has 0 amide bonds. The maximum atomic E-state index is 2.58. The number of likely N-dealkylation sites (tertiary alicyclic amines) is 1. The molecule has 0 aliphatic carbocycles. The predicted octanol–water partition coefficient (Wildman–Crippen LogP) is 4.60. The second-order valence-electron chi connectivity index (χ2n) is 5.02. The topological polar surface area (TPSA) is 3.24 Å². The first kappa shape index (κ1) is 12.6. The minimum absolute atomic E-state index is 0.631. The van der Waals surface area contributed by atoms with E-state index in [1.165, 1.54) is 30.5 Å². The van der Waals surface area contributed by atoms with Crippen LogP contribution in [0.25, 0.3) is 6.08 Å². The largest absolute Gasteiger partial charge is 0.293 e. The summed E-state index contributed by atoms with van der Waals surface area (Å²) in [6, 6.07) is 13.4. The van der Waals surface area contributed by atoms with E-state index in [9.17, 15) is 0 Å². The Morgan fingerprint density at radius 3 is 2.89 bits per heavy atom. The molecule has 1 nitrogen and oxygen atoms in total. The predicted molar refractivity (Wildman–Crippen MR) is 83.3 cm³/mol. The lowest BCUT2D eigenvalue weighted by Crippen LogP contribution is -2.22. The number of thiophene rings is 1. The molecule has 1 atom stereocenters. The molecule has 1 saturated heterocycles. The van der Waals surface area contributed by atoms with E-state index in [4.69, 9.17) is 0 Å². The maximum absolute atomic E-state index is 2.58. The van der Waals surface area contributed by atoms with Gasteiger partial charge in [0.05, 0.1) is 0 Å². The summed E-state index contributed by atoms with van der Waals surface area (Å²) in [7, 11) is 0. The van der Waals surface area contributed by atoms with Crippen LogP contribution in [0.5, 0.6) is 0 Å². The summed E-state index contributed by atoms with van der Waals surface area (Å²) < 4.78 is 0. The second kappa shape index (κ2) is 6.18. The van der Waals surface area contributed by atoms with E-state index in [1.807, 2.05) is 0 Å². The smallest absolute Gasteiger partial charge is 0.0360 e. The second-order valence-corrected chi connectivity index (χ2v) is 5.80. The molecule has 0 saturated carbocycles. The lowest BCUT2D eigenvalue weighted by atomic mass is 10.1. The van der Waals surface area contributed by atoms with Crippen molar-refractivity contribution >= 4 is 17.4 Å². The van der Waals surface area contributed by atoms with Crippen LogP contribution in [0.4, 0.5) is 0 Å². The normalized spacial score (nSPS) is 20.3. The van der Waals surface area contributed by atoms with E-state index in [0.717, 1.165) is 6.54 Å². The first-order valence-electron chi connectivity index (χ1n) is 6.91. The molecule has 0 radical (unpaired) electrons. The number of hydrogen-bond acceptors (Lipinski definition) is 2. The van der Waals surface area contributed by atoms with Crippen LogP contribution in [0.2, 0.25) is 0 Å². The van der Waals surface area contributed by atoms with Gasteiger partial charge in [-0.1, -0.05) is 42.5 Å². The molecule has 1 aliphatic heterocycles. The highest BCUT2D eigenvalue weighted by molar-refractivity contribution is 7.07. The average molecular weight is 269 g/mol. The Labute approximate surface area is 119 Å². The van der Waals surface area contributed by atoms with E-state index < -0.39 is 0 Å². The fourth-order valence-corrected chi connectivity index (χ4v) is 3.48. The van der Waals surface area contributed by atoms with Gasteiger partial charge >= 0.3 is 0 Å². The molecule has 2 heterocycles. The van der Waals surface area contributed by atoms with Crippen LogP contribution in [0, 0.1) is 0 Å². The summed E-state index contributed by atoms with van der Waals surface area (Å²) in [4.78, 5) is 2.58. The first-order valence-corrected chi connectivity index (χ1v) is 7.85. The Hall–Kier alpha value is -1.38. The van der Waals surface area contributed by atoms with Crippen molar-refractivity contribution in [3.8, 4) is 0 Å². The molecule has 3 rings (SSSR count). The van der Waals surface area contributed by atoms with Crippen LogP contribution in [-0.4, -0.2) is 18.0 Å². The average Bonchev–Trinajstić information content (AvgIpc) is 3.10. The van der Waals surface area contributed by atoms with Gasteiger partial charge in [0.1, 0.15) is 0 Å². The van der Waals surface area contributed by atoms with Gasteiger partial charge in [-0.15, -0.1) is 0 Å². The zero-order chi connectivity index (χ0) is 12.9. The number of hydrogen-bond donors (Lipinski definition) is 0. The Morgan fingerprint density at radius 1 is 1.21 bits per heavy atom. The van der Waals surface area contributed by atoms with Gasteiger partial charge in [-0.2, -0.15) is 11.3 Å². The monoisotopic (exact) mass is 269 g/mol. The van der Waals surface area contributed by atoms with Crippen LogP contribution < -0.4 is 0 Å². The molecule has 1 fully saturated rings. The van der Waals surface area contributed by atoms with E-state index in [-0.39, 0.29) is 0 Å². The van der Waals surface area contributed by atoms with Crippen molar-refractivity contribution in [2.24, 2.45) is 0 Å². The van der Waals surface area contributed by atoms with Crippen LogP contribution in [0.3, 0.4) is 0 Å². The highest BCUT2D eigenvalue weighted by Crippen LogP contribution is 2.32. The molecular formula is C17H19NS. The zero-order valence-corrected chi connectivity index (χ0v) is 11.9. The minimum atomic E-state index is 0.631. The van der Waals surface area contributed by atoms with E-state index in [1.54, 1.807) is 11.3 Å². The number of benzene rings is 1. The quantitative estimate of drug-likeness (QED) is 0.784. The lowest BCUT2D eigenvalue weighted by Gasteiger charge is -2.22. The van der Waals surface area contributed by atoms with Crippen LogP contribution in [0.1, 0.15) is 30.0 Å². The first-order chi connectivity index (χ1) is 9.43. The summed E-state index contributed by atoms with van der Waals surface area (Å²) in [6.07, 6.45) is 7.14. The molecule has 2 aromatic rings. The number of rotatable bonds is 4. The standard InChI is InChI=1S/C17H19NS/c1-2-6-15(7-3-1)8-4-11-18-12-5-9-17(18)16-10-13-19-14-16/h1-4,6-8,10,13-14,17H,5,9,11-12H2/b8-4+/t17-/m1/s1. The molecule has 1 aliphatic rings. The minimum Gasteiger partial charge on any atom is -0.293 e. The summed E-state index contributed by atoms with van der Waals surface area (Å²) in [5.74, 6) is 0. The third kappa shape index (κ3) is 3.14. The van der Waals surface area contributed by atoms with Crippen molar-refractivity contribution in [2.75, 3.05) is 13.1 Å². The molecule has 1 aromatic carbocycles. The third-order valence-electron chi connectivity index (χ3n) is 3.74. The van der Waals surface area contributed by atoms with Gasteiger partial charge in [0.25, 0.3) is 0 Å². The molecule has 98 valence electrons. The summed E-state index contributed by atoms with van der Waals surface area (Å²) in [6.45, 7) is 2.27. The van der Waals surface area contributed by atoms with E-state index in [0.29, 0.717) is 6.04 Å². The molecule has 0 spiro atoms. The van der Waals surface area contributed by atoms with Gasteiger partial charge in [-0.3, -0.25) is 4.90 Å². The van der Waals surface area contributed by atoms with Gasteiger partial charge in [-0.25, -0.2) is 0 Å². The Kier molecular flexibility index (Phi) is 4.11. The fraction of sp³-hybridized carbons (Fsp3) is 0.294. The molecule has 0 unspecified atom stereocenters. The molecular weight excluding hydrogens is 250 g/mol. The van der Waals surface area contributed by atoms with Gasteiger partial charge in [0.15, 0.2) is 0 Å². The van der Waals surface area contributed by atoms with Crippen molar-refractivity contribution < 1.29 is 0 Å². The summed E-state index contributed by atoms with van der Waals surface area (Å²) >= 11 is 1.80. The van der Waals surface area contributed by atoms with Crippen molar-refractivity contribution in [1.82, 2.24) is 4.90 Å². The highest BCUT2D eigenvalue weighted by Gasteiger charge is 2.24. The maximum Gasteiger partial charge on any atom is 0.0360 e. The number of nitrogens with zero attached hydrogens (tertiary/aromatic N) is 1. The molecule has 0 N–H and O–H groups in total. The Morgan fingerprint density at radius 2 is 2.11 bits per heavy atom. The highest BCUT2D eigenvalue weighted by atomic mass is 32.1. The van der Waals surface area contributed by atoms with E-state index >= 15 is 0 Å². The zero-order valence-electron chi connectivity index (χ0n) is 11.0. The molecule has 2 heteroatoms. The summed E-state index contributed by atoms with van der Waals surface area (Å²) in [5.41, 5.74) is 2.78. The van der Waals surface area contributed by atoms with Crippen molar-refractivity contribution in [3.63, 3.8) is 0 Å². The van der Waals surface area contributed by atoms with Crippen LogP contribution in [0.15, 0.2) is 53.2 Å². The van der Waals surface area contributed by atoms with Crippen LogP contribution >= 0.6 is 11.3 Å². The Bertz CT molecular complexity index is 515. The van der Waals surface area contributed by atoms with Crippen molar-refractivity contribution in [1.29, 1.82) is 0 Å². The van der Waals surface area contributed by atoms with Gasteiger partial charge in [0, 0.05) is 12.6 Å². The fourth-order valence-electron chi connectivity index (χ4n) is 2.78. The van der Waals surface area contributed by atoms with E-state index in [2.05, 4.69) is 64.2 Å². The third-order valence-corrected chi connectivity index (χ3v) is 4.44. The molecule has 1 aromatic heterocycles. The van der Waals surface area contributed by atoms with Crippen molar-refractivity contribution in [3.05, 3.63) is 64.4 Å². The van der Waals surface area contributed by atoms with Crippen LogP contribution in [-0.2, 0) is 0 Å². The summed E-state index contributed by atoms with van der Waals surface area (Å²) in [5, 5.41) is 4.48. The SMILES string of the molecule is C(=C\c1ccccc1)/CN1CCC[C@@H]1c1ccsc1. The van der Waals surface area contributed by atoms with Gasteiger partial charge < -0.3 is 0 Å². The lowest BCUT2D eigenvalue weighted by molar-refractivity contribution is 0.286. The molecule has 19 heavy (non-hydrogen) atoms.